The van der Waals surface area contributed by atoms with E-state index in [-0.39, 0.29) is 17.9 Å². The van der Waals surface area contributed by atoms with Crippen LogP contribution in [0.3, 0.4) is 0 Å². The predicted octanol–water partition coefficient (Wildman–Crippen LogP) is 1.90. The topological polar surface area (TPSA) is 78.3 Å². The molecule has 0 aliphatic rings. The number of carbonyl (C=O) groups is 1. The summed E-state index contributed by atoms with van der Waals surface area (Å²) in [5, 5.41) is 12.1. The van der Waals surface area contributed by atoms with Crippen molar-refractivity contribution in [3.05, 3.63) is 24.1 Å². The van der Waals surface area contributed by atoms with E-state index >= 15 is 0 Å². The molecule has 0 fully saturated rings. The van der Waals surface area contributed by atoms with E-state index in [9.17, 15) is 9.90 Å². The number of aromatic amines is 1. The summed E-state index contributed by atoms with van der Waals surface area (Å²) in [5.41, 5.74) is 1.99. The lowest BCUT2D eigenvalue weighted by Gasteiger charge is -2.13. The van der Waals surface area contributed by atoms with Gasteiger partial charge in [0, 0.05) is 18.7 Å². The first kappa shape index (κ1) is 12.7. The maximum atomic E-state index is 11.9. The van der Waals surface area contributed by atoms with Crippen molar-refractivity contribution < 1.29 is 14.3 Å². The fraction of sp³-hybridized carbons (Fsp3) is 0.462. The Hall–Kier alpha value is -1.75. The van der Waals surface area contributed by atoms with Gasteiger partial charge in [0.25, 0.3) is 5.91 Å². The van der Waals surface area contributed by atoms with Gasteiger partial charge in [-0.05, 0) is 19.3 Å². The normalized spacial score (nSPS) is 14.6. The lowest BCUT2D eigenvalue weighted by atomic mass is 10.0. The van der Waals surface area contributed by atoms with Gasteiger partial charge >= 0.3 is 0 Å². The average Bonchev–Trinajstić information content (AvgIpc) is 2.84. The number of aliphatic hydroxyl groups excluding tert-OH is 1. The molecule has 18 heavy (non-hydrogen) atoms. The Labute approximate surface area is 105 Å². The largest absolute Gasteiger partial charge is 0.463 e. The van der Waals surface area contributed by atoms with Crippen LogP contribution in [0, 0.1) is 5.92 Å². The molecule has 5 nitrogen and oxygen atoms in total. The van der Waals surface area contributed by atoms with Crippen molar-refractivity contribution in [1.29, 1.82) is 0 Å². The Morgan fingerprint density at radius 1 is 1.56 bits per heavy atom. The molecule has 0 saturated carbocycles. The number of H-pyrrole nitrogens is 1. The van der Waals surface area contributed by atoms with E-state index in [2.05, 4.69) is 10.3 Å². The van der Waals surface area contributed by atoms with Gasteiger partial charge in [-0.3, -0.25) is 4.79 Å². The standard InChI is InChI=1S/C13H18N2O3/c1-8(5-9(2)16)7-14-13(17)11-6-12-10(15-11)3-4-18-12/h3-4,6,8-9,15-16H,5,7H2,1-2H3,(H,14,17). The van der Waals surface area contributed by atoms with Crippen LogP contribution < -0.4 is 5.32 Å². The van der Waals surface area contributed by atoms with Gasteiger partial charge in [0.2, 0.25) is 0 Å². The molecule has 0 spiro atoms. The molecule has 1 amide bonds. The minimum atomic E-state index is -0.343. The Morgan fingerprint density at radius 2 is 2.33 bits per heavy atom. The molecular weight excluding hydrogens is 232 g/mol. The SMILES string of the molecule is CC(O)CC(C)CNC(=O)c1cc2occc2[nH]1. The van der Waals surface area contributed by atoms with Gasteiger partial charge in [0.1, 0.15) is 5.69 Å². The van der Waals surface area contributed by atoms with E-state index in [0.29, 0.717) is 24.2 Å². The molecule has 0 radical (unpaired) electrons. The molecule has 2 aromatic heterocycles. The fourth-order valence-electron chi connectivity index (χ4n) is 2.00. The first-order valence-electron chi connectivity index (χ1n) is 6.08. The molecule has 5 heteroatoms. The smallest absolute Gasteiger partial charge is 0.267 e. The molecule has 0 aliphatic carbocycles. The molecule has 0 saturated heterocycles. The predicted molar refractivity (Wildman–Crippen MR) is 68.4 cm³/mol. The van der Waals surface area contributed by atoms with Gasteiger partial charge in [-0.25, -0.2) is 0 Å². The summed E-state index contributed by atoms with van der Waals surface area (Å²) < 4.78 is 5.18. The van der Waals surface area contributed by atoms with Crippen molar-refractivity contribution in [2.24, 2.45) is 5.92 Å². The second kappa shape index (κ2) is 5.27. The number of aromatic nitrogens is 1. The van der Waals surface area contributed by atoms with Crippen molar-refractivity contribution in [2.45, 2.75) is 26.4 Å². The summed E-state index contributed by atoms with van der Waals surface area (Å²) in [7, 11) is 0. The molecular formula is C13H18N2O3. The van der Waals surface area contributed by atoms with E-state index in [1.54, 1.807) is 25.3 Å². The minimum Gasteiger partial charge on any atom is -0.463 e. The first-order valence-corrected chi connectivity index (χ1v) is 6.08. The van der Waals surface area contributed by atoms with E-state index < -0.39 is 0 Å². The molecule has 2 atom stereocenters. The first-order chi connectivity index (χ1) is 8.56. The minimum absolute atomic E-state index is 0.154. The van der Waals surface area contributed by atoms with Gasteiger partial charge in [0.15, 0.2) is 5.58 Å². The summed E-state index contributed by atoms with van der Waals surface area (Å²) in [4.78, 5) is 14.8. The Bertz CT molecular complexity index is 499. The van der Waals surface area contributed by atoms with Crippen LogP contribution in [0.1, 0.15) is 30.8 Å². The molecule has 2 unspecified atom stereocenters. The lowest BCUT2D eigenvalue weighted by Crippen LogP contribution is -2.29. The van der Waals surface area contributed by atoms with Crippen LogP contribution in [-0.2, 0) is 0 Å². The lowest BCUT2D eigenvalue weighted by molar-refractivity contribution is 0.0935. The third-order valence-corrected chi connectivity index (χ3v) is 2.84. The van der Waals surface area contributed by atoms with E-state index in [1.807, 2.05) is 6.92 Å². The van der Waals surface area contributed by atoms with Gasteiger partial charge in [0.05, 0.1) is 17.9 Å². The Kier molecular flexibility index (Phi) is 3.72. The molecule has 98 valence electrons. The maximum Gasteiger partial charge on any atom is 0.267 e. The number of aliphatic hydroxyl groups is 1. The van der Waals surface area contributed by atoms with E-state index in [0.717, 1.165) is 5.52 Å². The van der Waals surface area contributed by atoms with Crippen LogP contribution in [0.4, 0.5) is 0 Å². The highest BCUT2D eigenvalue weighted by molar-refractivity contribution is 5.96. The molecule has 0 bridgehead atoms. The zero-order valence-electron chi connectivity index (χ0n) is 10.6. The summed E-state index contributed by atoms with van der Waals surface area (Å²) in [5.74, 6) is 0.0887. The highest BCUT2D eigenvalue weighted by Gasteiger charge is 2.12. The van der Waals surface area contributed by atoms with Crippen molar-refractivity contribution in [3.8, 4) is 0 Å². The number of nitrogens with one attached hydrogen (secondary N) is 2. The third-order valence-electron chi connectivity index (χ3n) is 2.84. The van der Waals surface area contributed by atoms with Crippen LogP contribution in [0.15, 0.2) is 22.8 Å². The number of carbonyl (C=O) groups excluding carboxylic acids is 1. The Morgan fingerprint density at radius 3 is 3.00 bits per heavy atom. The molecule has 2 heterocycles. The summed E-state index contributed by atoms with van der Waals surface area (Å²) in [6.45, 7) is 4.29. The third kappa shape index (κ3) is 2.92. The molecule has 0 aliphatic heterocycles. The molecule has 3 N–H and O–H groups in total. The van der Waals surface area contributed by atoms with Gasteiger partial charge < -0.3 is 19.8 Å². The zero-order chi connectivity index (χ0) is 13.1. The van der Waals surface area contributed by atoms with Gasteiger partial charge in [-0.15, -0.1) is 0 Å². The average molecular weight is 250 g/mol. The second-order valence-corrected chi connectivity index (χ2v) is 4.78. The van der Waals surface area contributed by atoms with Crippen molar-refractivity contribution in [1.82, 2.24) is 10.3 Å². The fourth-order valence-corrected chi connectivity index (χ4v) is 2.00. The van der Waals surface area contributed by atoms with Crippen LogP contribution in [0.2, 0.25) is 0 Å². The summed E-state index contributed by atoms with van der Waals surface area (Å²) in [6, 6.07) is 3.46. The zero-order valence-corrected chi connectivity index (χ0v) is 10.6. The number of amides is 1. The molecule has 2 aromatic rings. The van der Waals surface area contributed by atoms with E-state index in [1.165, 1.54) is 0 Å². The highest BCUT2D eigenvalue weighted by atomic mass is 16.3. The number of hydrogen-bond donors (Lipinski definition) is 3. The van der Waals surface area contributed by atoms with Gasteiger partial charge in [-0.1, -0.05) is 6.92 Å². The number of furan rings is 1. The second-order valence-electron chi connectivity index (χ2n) is 4.78. The number of fused-ring (bicyclic) bond motifs is 1. The highest BCUT2D eigenvalue weighted by Crippen LogP contribution is 2.16. The summed E-state index contributed by atoms with van der Waals surface area (Å²) in [6.07, 6.45) is 1.91. The van der Waals surface area contributed by atoms with Crippen molar-refractivity contribution >= 4 is 17.0 Å². The van der Waals surface area contributed by atoms with Crippen molar-refractivity contribution in [3.63, 3.8) is 0 Å². The monoisotopic (exact) mass is 250 g/mol. The van der Waals surface area contributed by atoms with Crippen LogP contribution >= 0.6 is 0 Å². The number of hydrogen-bond acceptors (Lipinski definition) is 3. The van der Waals surface area contributed by atoms with Crippen LogP contribution in [-0.4, -0.2) is 28.6 Å². The van der Waals surface area contributed by atoms with Crippen LogP contribution in [0.25, 0.3) is 11.1 Å². The molecule has 2 rings (SSSR count). The van der Waals surface area contributed by atoms with Gasteiger partial charge in [-0.2, -0.15) is 0 Å². The van der Waals surface area contributed by atoms with Crippen LogP contribution in [0.5, 0.6) is 0 Å². The Balaban J connectivity index is 1.90. The quantitative estimate of drug-likeness (QED) is 0.758. The van der Waals surface area contributed by atoms with Crippen molar-refractivity contribution in [2.75, 3.05) is 6.54 Å². The summed E-state index contributed by atoms with van der Waals surface area (Å²) >= 11 is 0. The van der Waals surface area contributed by atoms with E-state index in [4.69, 9.17) is 4.42 Å². The number of rotatable bonds is 5. The molecule has 0 aromatic carbocycles. The maximum absolute atomic E-state index is 11.9.